The summed E-state index contributed by atoms with van der Waals surface area (Å²) in [6.07, 6.45) is 2.19. The van der Waals surface area contributed by atoms with Crippen LogP contribution in [-0.2, 0) is 13.0 Å². The molecule has 0 atom stereocenters. The van der Waals surface area contributed by atoms with Crippen LogP contribution in [-0.4, -0.2) is 21.2 Å². The number of hydrogen-bond donors (Lipinski definition) is 2. The molecule has 6 heteroatoms. The van der Waals surface area contributed by atoms with E-state index in [4.69, 9.17) is 9.63 Å². The number of pyridine rings is 1. The van der Waals surface area contributed by atoms with Gasteiger partial charge in [0.15, 0.2) is 5.76 Å². The lowest BCUT2D eigenvalue weighted by atomic mass is 9.96. The van der Waals surface area contributed by atoms with Gasteiger partial charge in [0.05, 0.1) is 5.56 Å². The minimum atomic E-state index is -1.00. The van der Waals surface area contributed by atoms with E-state index in [0.29, 0.717) is 12.4 Å². The van der Waals surface area contributed by atoms with Crippen molar-refractivity contribution in [3.63, 3.8) is 0 Å². The minimum absolute atomic E-state index is 0.144. The molecule has 0 fully saturated rings. The molecule has 2 aromatic heterocycles. The second-order valence-electron chi connectivity index (χ2n) is 8.46. The Balaban J connectivity index is 1.42. The first-order chi connectivity index (χ1) is 17.2. The molecule has 0 saturated heterocycles. The number of fused-ring (bicyclic) bond motifs is 3. The number of nitrogens with one attached hydrogen (secondary N) is 1. The Morgan fingerprint density at radius 3 is 2.46 bits per heavy atom. The van der Waals surface area contributed by atoms with E-state index in [0.717, 1.165) is 34.6 Å². The molecule has 3 aromatic carbocycles. The van der Waals surface area contributed by atoms with Crippen LogP contribution in [0, 0.1) is 0 Å². The number of carboxylic acids is 1. The fourth-order valence-electron chi connectivity index (χ4n) is 4.68. The van der Waals surface area contributed by atoms with Crippen molar-refractivity contribution in [1.82, 2.24) is 10.1 Å². The molecule has 2 N–H and O–H groups in total. The van der Waals surface area contributed by atoms with Gasteiger partial charge in [-0.1, -0.05) is 78.0 Å². The van der Waals surface area contributed by atoms with Gasteiger partial charge in [-0.05, 0) is 40.8 Å². The van der Waals surface area contributed by atoms with Gasteiger partial charge >= 0.3 is 5.97 Å². The third-order valence-corrected chi connectivity index (χ3v) is 6.39. The highest BCUT2D eigenvalue weighted by Crippen LogP contribution is 2.43. The molecule has 2 heterocycles. The largest absolute Gasteiger partial charge is 0.478 e. The highest BCUT2D eigenvalue weighted by Gasteiger charge is 2.26. The highest BCUT2D eigenvalue weighted by molar-refractivity contribution is 5.87. The molecular formula is C29H21N3O3. The van der Waals surface area contributed by atoms with E-state index in [-0.39, 0.29) is 5.56 Å². The third-order valence-electron chi connectivity index (χ3n) is 6.39. The van der Waals surface area contributed by atoms with E-state index in [1.54, 1.807) is 6.07 Å². The Bertz CT molecular complexity index is 1540. The minimum Gasteiger partial charge on any atom is -0.478 e. The fourth-order valence-corrected chi connectivity index (χ4v) is 4.68. The van der Waals surface area contributed by atoms with Crippen molar-refractivity contribution >= 4 is 11.8 Å². The van der Waals surface area contributed by atoms with Crippen LogP contribution in [0.5, 0.6) is 0 Å². The second kappa shape index (κ2) is 8.57. The first-order valence-electron chi connectivity index (χ1n) is 11.4. The monoisotopic (exact) mass is 459 g/mol. The first-order valence-corrected chi connectivity index (χ1v) is 11.4. The van der Waals surface area contributed by atoms with Gasteiger partial charge in [-0.15, -0.1) is 0 Å². The van der Waals surface area contributed by atoms with E-state index < -0.39 is 5.97 Å². The summed E-state index contributed by atoms with van der Waals surface area (Å²) in [5.74, 6) is 0.297. The van der Waals surface area contributed by atoms with Gasteiger partial charge in [-0.2, -0.15) is 0 Å². The van der Waals surface area contributed by atoms with Crippen LogP contribution in [0.1, 0.15) is 27.0 Å². The lowest BCUT2D eigenvalue weighted by Crippen LogP contribution is -2.05. The Kier molecular flexibility index (Phi) is 5.11. The lowest BCUT2D eigenvalue weighted by molar-refractivity contribution is 0.0696. The molecule has 1 aliphatic rings. The topological polar surface area (TPSA) is 88.2 Å². The van der Waals surface area contributed by atoms with Crippen LogP contribution in [0.3, 0.4) is 0 Å². The number of aromatic nitrogens is 2. The third kappa shape index (κ3) is 3.75. The number of aromatic carboxylic acids is 1. The molecule has 6 nitrogen and oxygen atoms in total. The van der Waals surface area contributed by atoms with Gasteiger partial charge in [-0.3, -0.25) is 0 Å². The van der Waals surface area contributed by atoms with Crippen LogP contribution in [0.2, 0.25) is 0 Å². The summed E-state index contributed by atoms with van der Waals surface area (Å²) in [5.41, 5.74) is 8.84. The van der Waals surface area contributed by atoms with Gasteiger partial charge < -0.3 is 14.9 Å². The zero-order valence-electron chi connectivity index (χ0n) is 18.7. The van der Waals surface area contributed by atoms with E-state index >= 15 is 0 Å². The predicted octanol–water partition coefficient (Wildman–Crippen LogP) is 6.29. The number of rotatable bonds is 6. The van der Waals surface area contributed by atoms with E-state index in [1.165, 1.54) is 34.5 Å². The molecule has 0 aliphatic heterocycles. The van der Waals surface area contributed by atoms with Gasteiger partial charge in [-0.25, -0.2) is 9.78 Å². The summed E-state index contributed by atoms with van der Waals surface area (Å²) < 4.78 is 6.01. The van der Waals surface area contributed by atoms with Crippen molar-refractivity contribution in [1.29, 1.82) is 0 Å². The van der Waals surface area contributed by atoms with Gasteiger partial charge in [0, 0.05) is 29.4 Å². The predicted molar refractivity (Wildman–Crippen MR) is 134 cm³/mol. The molecule has 170 valence electrons. The maximum Gasteiger partial charge on any atom is 0.337 e. The summed E-state index contributed by atoms with van der Waals surface area (Å²) in [4.78, 5) is 15.4. The van der Waals surface area contributed by atoms with Crippen LogP contribution >= 0.6 is 0 Å². The summed E-state index contributed by atoms with van der Waals surface area (Å²) in [6.45, 7) is 0.416. The molecule has 1 aliphatic carbocycles. The van der Waals surface area contributed by atoms with Crippen LogP contribution in [0.15, 0.2) is 95.6 Å². The van der Waals surface area contributed by atoms with Crippen LogP contribution in [0.4, 0.5) is 5.82 Å². The van der Waals surface area contributed by atoms with Crippen molar-refractivity contribution in [3.05, 3.63) is 113 Å². The van der Waals surface area contributed by atoms with Gasteiger partial charge in [0.1, 0.15) is 11.5 Å². The Morgan fingerprint density at radius 2 is 1.66 bits per heavy atom. The Labute approximate surface area is 201 Å². The van der Waals surface area contributed by atoms with Crippen molar-refractivity contribution in [2.75, 3.05) is 5.32 Å². The SMILES string of the molecule is O=C(O)c1ccc(NCc2c(-c3ccccc3)noc2-c2cccc3c2Cc2ccccc2-3)nc1. The fraction of sp³-hybridized carbons (Fsp3) is 0.0690. The van der Waals surface area contributed by atoms with Gasteiger partial charge in [0.25, 0.3) is 0 Å². The average Bonchev–Trinajstić information content (AvgIpc) is 3.50. The molecule has 5 aromatic rings. The summed E-state index contributed by atoms with van der Waals surface area (Å²) >= 11 is 0. The van der Waals surface area contributed by atoms with Crippen molar-refractivity contribution < 1.29 is 14.4 Å². The first kappa shape index (κ1) is 20.9. The number of nitrogens with zero attached hydrogens (tertiary/aromatic N) is 2. The zero-order chi connectivity index (χ0) is 23.8. The number of benzene rings is 3. The number of carboxylic acid groups (broad SMARTS) is 1. The second-order valence-corrected chi connectivity index (χ2v) is 8.46. The molecule has 0 spiro atoms. The van der Waals surface area contributed by atoms with E-state index in [2.05, 4.69) is 57.9 Å². The van der Waals surface area contributed by atoms with E-state index in [9.17, 15) is 4.79 Å². The number of carbonyl (C=O) groups is 1. The lowest BCUT2D eigenvalue weighted by Gasteiger charge is -2.10. The molecular weight excluding hydrogens is 438 g/mol. The number of anilines is 1. The maximum absolute atomic E-state index is 11.2. The van der Waals surface area contributed by atoms with Crippen molar-refractivity contribution in [2.24, 2.45) is 0 Å². The van der Waals surface area contributed by atoms with Crippen molar-refractivity contribution in [2.45, 2.75) is 13.0 Å². The smallest absolute Gasteiger partial charge is 0.337 e. The van der Waals surface area contributed by atoms with Crippen molar-refractivity contribution in [3.8, 4) is 33.7 Å². The molecule has 0 saturated carbocycles. The summed E-state index contributed by atoms with van der Waals surface area (Å²) in [7, 11) is 0. The number of hydrogen-bond acceptors (Lipinski definition) is 5. The summed E-state index contributed by atoms with van der Waals surface area (Å²) in [5, 5.41) is 16.9. The van der Waals surface area contributed by atoms with Gasteiger partial charge in [0.2, 0.25) is 0 Å². The van der Waals surface area contributed by atoms with Crippen LogP contribution < -0.4 is 5.32 Å². The molecule has 35 heavy (non-hydrogen) atoms. The van der Waals surface area contributed by atoms with E-state index in [1.807, 2.05) is 30.3 Å². The zero-order valence-corrected chi connectivity index (χ0v) is 18.7. The Hall–Kier alpha value is -4.71. The molecule has 0 amide bonds. The van der Waals surface area contributed by atoms with Crippen LogP contribution in [0.25, 0.3) is 33.7 Å². The summed E-state index contributed by atoms with van der Waals surface area (Å²) in [6, 6.07) is 27.9. The Morgan fingerprint density at radius 1 is 0.886 bits per heavy atom. The normalized spacial score (nSPS) is 11.7. The maximum atomic E-state index is 11.2. The molecule has 0 bridgehead atoms. The molecule has 6 rings (SSSR count). The highest BCUT2D eigenvalue weighted by atomic mass is 16.5. The molecule has 0 radical (unpaired) electrons. The quantitative estimate of drug-likeness (QED) is 0.305. The molecule has 0 unspecified atom stereocenters. The standard InChI is InChI=1S/C29H21N3O3/c33-29(34)20-13-14-26(30-16-20)31-17-25-27(18-7-2-1-3-8-18)32-35-28(25)23-12-6-11-22-21-10-5-4-9-19(21)15-24(22)23/h1-14,16H,15,17H2,(H,30,31)(H,33,34). The average molecular weight is 460 g/mol.